The molecule has 0 spiro atoms. The van der Waals surface area contributed by atoms with E-state index in [4.69, 9.17) is 0 Å². The van der Waals surface area contributed by atoms with E-state index in [2.05, 4.69) is 34.5 Å². The molecule has 8 heteroatoms. The summed E-state index contributed by atoms with van der Waals surface area (Å²) in [6.45, 7) is 4.26. The summed E-state index contributed by atoms with van der Waals surface area (Å²) in [4.78, 5) is 56.9. The van der Waals surface area contributed by atoms with E-state index < -0.39 is 23.9 Å². The lowest BCUT2D eigenvalue weighted by Crippen LogP contribution is -2.47. The van der Waals surface area contributed by atoms with Crippen molar-refractivity contribution < 1.29 is 19.2 Å². The third kappa shape index (κ3) is 4.63. The largest absolute Gasteiger partial charge is 0.348 e. The van der Waals surface area contributed by atoms with Crippen molar-refractivity contribution in [3.63, 3.8) is 0 Å². The fourth-order valence-electron chi connectivity index (χ4n) is 4.17. The van der Waals surface area contributed by atoms with Crippen LogP contribution in [0.5, 0.6) is 0 Å². The number of fused-ring (bicyclic) bond motifs is 2. The molecule has 1 atom stereocenters. The van der Waals surface area contributed by atoms with E-state index in [0.29, 0.717) is 5.56 Å². The SMILES string of the molecule is CCCCCCCC(CCCC)c1c2c(cc3c1=NC(=O)NC3=O)=NC(=O)NC2=O. The Hall–Kier alpha value is -2.90. The number of nitrogens with one attached hydrogen (secondary N) is 2. The van der Waals surface area contributed by atoms with Crippen molar-refractivity contribution in [3.8, 4) is 0 Å². The Morgan fingerprint density at radius 3 is 2.17 bits per heavy atom. The van der Waals surface area contributed by atoms with Gasteiger partial charge < -0.3 is 0 Å². The summed E-state index contributed by atoms with van der Waals surface area (Å²) < 4.78 is 0. The van der Waals surface area contributed by atoms with Gasteiger partial charge in [0.1, 0.15) is 0 Å². The zero-order chi connectivity index (χ0) is 21.7. The van der Waals surface area contributed by atoms with E-state index >= 15 is 0 Å². The molecule has 0 aromatic heterocycles. The standard InChI is InChI=1S/C22H28N4O4/c1-3-5-7-8-9-11-13(10-6-4-2)16-17-15(23-21(29)26-20(17)28)12-14-18(16)24-22(30)25-19(14)27/h12-13H,3-11H2,1-2H3,(H,25,27,30)(H,26,28,29). The van der Waals surface area contributed by atoms with Gasteiger partial charge in [0.05, 0.1) is 21.8 Å². The quantitative estimate of drug-likeness (QED) is 0.573. The number of nitrogens with zero attached hydrogens (tertiary/aromatic N) is 2. The Balaban J connectivity index is 2.14. The van der Waals surface area contributed by atoms with E-state index in [0.717, 1.165) is 51.4 Å². The number of carbonyl (C=O) groups excluding carboxylic acids is 4. The van der Waals surface area contributed by atoms with Crippen molar-refractivity contribution in [2.45, 2.75) is 77.6 Å². The molecule has 0 aliphatic carbocycles. The van der Waals surface area contributed by atoms with Crippen LogP contribution in [0.1, 0.15) is 104 Å². The number of hydrogen-bond acceptors (Lipinski definition) is 4. The van der Waals surface area contributed by atoms with Gasteiger partial charge in [-0.1, -0.05) is 58.8 Å². The van der Waals surface area contributed by atoms with Gasteiger partial charge in [0.25, 0.3) is 11.8 Å². The van der Waals surface area contributed by atoms with Crippen molar-refractivity contribution >= 4 is 23.9 Å². The zero-order valence-electron chi connectivity index (χ0n) is 17.5. The molecule has 0 saturated heterocycles. The lowest BCUT2D eigenvalue weighted by molar-refractivity contribution is 0.0943. The van der Waals surface area contributed by atoms with Crippen LogP contribution in [0.25, 0.3) is 0 Å². The van der Waals surface area contributed by atoms with E-state index in [1.807, 2.05) is 0 Å². The van der Waals surface area contributed by atoms with Gasteiger partial charge in [-0.05, 0) is 30.4 Å². The van der Waals surface area contributed by atoms with Crippen LogP contribution < -0.4 is 21.3 Å². The van der Waals surface area contributed by atoms with Crippen LogP contribution in [0, 0.1) is 0 Å². The van der Waals surface area contributed by atoms with Gasteiger partial charge in [0, 0.05) is 0 Å². The monoisotopic (exact) mass is 412 g/mol. The topological polar surface area (TPSA) is 117 Å². The van der Waals surface area contributed by atoms with Gasteiger partial charge in [0.2, 0.25) is 0 Å². The number of amides is 6. The first-order chi connectivity index (χ1) is 14.5. The lowest BCUT2D eigenvalue weighted by Gasteiger charge is -2.24. The van der Waals surface area contributed by atoms with Gasteiger partial charge in [-0.15, -0.1) is 0 Å². The van der Waals surface area contributed by atoms with Crippen LogP contribution in [0.15, 0.2) is 16.1 Å². The summed E-state index contributed by atoms with van der Waals surface area (Å²) in [6, 6.07) is -0.115. The molecule has 1 unspecified atom stereocenters. The molecule has 0 fully saturated rings. The predicted molar refractivity (Wildman–Crippen MR) is 110 cm³/mol. The van der Waals surface area contributed by atoms with Gasteiger partial charge in [-0.2, -0.15) is 9.98 Å². The minimum atomic E-state index is -0.757. The number of hydrogen-bond donors (Lipinski definition) is 2. The molecule has 0 bridgehead atoms. The Bertz CT molecular complexity index is 999. The molecular formula is C22H28N4O4. The number of rotatable bonds is 10. The lowest BCUT2D eigenvalue weighted by atomic mass is 9.83. The summed E-state index contributed by atoms with van der Waals surface area (Å²) in [5.41, 5.74) is 1.01. The third-order valence-electron chi connectivity index (χ3n) is 5.64. The molecule has 2 heterocycles. The number of benzene rings is 1. The second kappa shape index (κ2) is 9.73. The molecule has 0 saturated carbocycles. The smallest absolute Gasteiger partial charge is 0.272 e. The second-order valence-corrected chi connectivity index (χ2v) is 7.86. The first-order valence-corrected chi connectivity index (χ1v) is 10.8. The minimum absolute atomic E-state index is 0.0492. The van der Waals surface area contributed by atoms with Crippen LogP contribution in [-0.2, 0) is 0 Å². The van der Waals surface area contributed by atoms with Crippen LogP contribution in [-0.4, -0.2) is 23.9 Å². The molecule has 2 aliphatic heterocycles. The van der Waals surface area contributed by atoms with Crippen LogP contribution >= 0.6 is 0 Å². The highest BCUT2D eigenvalue weighted by Gasteiger charge is 2.31. The Morgan fingerprint density at radius 2 is 1.43 bits per heavy atom. The van der Waals surface area contributed by atoms with Crippen LogP contribution in [0.4, 0.5) is 9.59 Å². The van der Waals surface area contributed by atoms with Crippen LogP contribution in [0.2, 0.25) is 0 Å². The van der Waals surface area contributed by atoms with Gasteiger partial charge in [-0.25, -0.2) is 9.59 Å². The number of imide groups is 2. The Labute approximate surface area is 175 Å². The molecular weight excluding hydrogens is 384 g/mol. The molecule has 2 aliphatic rings. The zero-order valence-corrected chi connectivity index (χ0v) is 17.5. The van der Waals surface area contributed by atoms with Crippen molar-refractivity contribution in [3.05, 3.63) is 33.5 Å². The molecule has 1 aromatic carbocycles. The van der Waals surface area contributed by atoms with E-state index in [-0.39, 0.29) is 27.8 Å². The van der Waals surface area contributed by atoms with Crippen LogP contribution in [0.3, 0.4) is 0 Å². The normalized spacial score (nSPS) is 16.1. The fourth-order valence-corrected chi connectivity index (χ4v) is 4.17. The third-order valence-corrected chi connectivity index (χ3v) is 5.64. The highest BCUT2D eigenvalue weighted by atomic mass is 16.2. The molecule has 0 radical (unpaired) electrons. The van der Waals surface area contributed by atoms with E-state index in [1.165, 1.54) is 12.5 Å². The molecule has 1 aromatic rings. The fraction of sp³-hybridized carbons (Fsp3) is 0.545. The maximum Gasteiger partial charge on any atom is 0.348 e. The molecule has 2 N–H and O–H groups in total. The van der Waals surface area contributed by atoms with Gasteiger partial charge in [-0.3, -0.25) is 20.2 Å². The van der Waals surface area contributed by atoms with Gasteiger partial charge in [0.15, 0.2) is 0 Å². The number of carbonyl (C=O) groups is 4. The Kier molecular flexibility index (Phi) is 7.07. The van der Waals surface area contributed by atoms with Crippen molar-refractivity contribution in [2.75, 3.05) is 0 Å². The van der Waals surface area contributed by atoms with E-state index in [9.17, 15) is 19.2 Å². The summed E-state index contributed by atoms with van der Waals surface area (Å²) in [7, 11) is 0. The number of urea groups is 2. The maximum absolute atomic E-state index is 12.7. The van der Waals surface area contributed by atoms with E-state index in [1.54, 1.807) is 0 Å². The van der Waals surface area contributed by atoms with Crippen molar-refractivity contribution in [2.24, 2.45) is 9.98 Å². The summed E-state index contributed by atoms with van der Waals surface area (Å²) in [6.07, 6.45) is 9.10. The number of unbranched alkanes of at least 4 members (excludes halogenated alkanes) is 5. The maximum atomic E-state index is 12.7. The predicted octanol–water partition coefficient (Wildman–Crippen LogP) is 3.29. The average molecular weight is 412 g/mol. The Morgan fingerprint density at radius 1 is 0.800 bits per heavy atom. The van der Waals surface area contributed by atoms with Gasteiger partial charge >= 0.3 is 12.1 Å². The highest BCUT2D eigenvalue weighted by Crippen LogP contribution is 2.29. The summed E-state index contributed by atoms with van der Waals surface area (Å²) in [5.74, 6) is -1.18. The van der Waals surface area contributed by atoms with Crippen molar-refractivity contribution in [1.82, 2.24) is 10.6 Å². The molecule has 30 heavy (non-hydrogen) atoms. The molecule has 8 nitrogen and oxygen atoms in total. The minimum Gasteiger partial charge on any atom is -0.272 e. The molecule has 160 valence electrons. The highest BCUT2D eigenvalue weighted by molar-refractivity contribution is 6.10. The first kappa shape index (κ1) is 21.8. The van der Waals surface area contributed by atoms with Crippen molar-refractivity contribution in [1.29, 1.82) is 0 Å². The average Bonchev–Trinajstić information content (AvgIpc) is 2.69. The second-order valence-electron chi connectivity index (χ2n) is 7.86. The first-order valence-electron chi connectivity index (χ1n) is 10.8. The molecule has 6 amide bonds. The summed E-state index contributed by atoms with van der Waals surface area (Å²) >= 11 is 0. The summed E-state index contributed by atoms with van der Waals surface area (Å²) in [5, 5.41) is 4.82. The molecule has 3 rings (SSSR count).